The van der Waals surface area contributed by atoms with Crippen molar-refractivity contribution in [3.63, 3.8) is 0 Å². The molecule has 0 saturated heterocycles. The number of fused-ring (bicyclic) bond motifs is 1. The van der Waals surface area contributed by atoms with E-state index in [1.165, 1.54) is 13.0 Å². The van der Waals surface area contributed by atoms with E-state index in [-0.39, 0.29) is 12.5 Å². The number of aliphatic carboxylic acids is 1. The predicted molar refractivity (Wildman–Crippen MR) is 99.7 cm³/mol. The molecule has 0 aliphatic carbocycles. The Hall–Kier alpha value is -3.81. The summed E-state index contributed by atoms with van der Waals surface area (Å²) in [6, 6.07) is 12.3. The first kappa shape index (κ1) is 19.0. The van der Waals surface area contributed by atoms with Crippen LogP contribution in [0.25, 0.3) is 6.08 Å². The quantitative estimate of drug-likeness (QED) is 0.656. The average Bonchev–Trinajstić information content (AvgIpc) is 3.15. The molecule has 0 spiro atoms. The van der Waals surface area contributed by atoms with Crippen molar-refractivity contribution in [3.05, 3.63) is 65.4 Å². The Morgan fingerprint density at radius 3 is 2.50 bits per heavy atom. The van der Waals surface area contributed by atoms with Crippen molar-refractivity contribution in [2.24, 2.45) is 0 Å². The zero-order valence-corrected chi connectivity index (χ0v) is 15.0. The molecule has 0 fully saturated rings. The van der Waals surface area contributed by atoms with Crippen molar-refractivity contribution in [1.29, 1.82) is 0 Å². The van der Waals surface area contributed by atoms with Crippen molar-refractivity contribution >= 4 is 23.9 Å². The lowest BCUT2D eigenvalue weighted by Crippen LogP contribution is -2.42. The van der Waals surface area contributed by atoms with Crippen LogP contribution in [-0.2, 0) is 9.59 Å². The molecule has 3 rings (SSSR count). The summed E-state index contributed by atoms with van der Waals surface area (Å²) in [6.45, 7) is 1.44. The molecule has 2 aromatic rings. The number of carbonyl (C=O) groups is 3. The number of rotatable bonds is 6. The number of nitrogens with one attached hydrogen (secondary N) is 2. The summed E-state index contributed by atoms with van der Waals surface area (Å²) in [5, 5.41) is 13.9. The highest BCUT2D eigenvalue weighted by Gasteiger charge is 2.20. The molecule has 144 valence electrons. The second-order valence-corrected chi connectivity index (χ2v) is 6.02. The van der Waals surface area contributed by atoms with Crippen LogP contribution in [0.5, 0.6) is 11.5 Å². The van der Waals surface area contributed by atoms with E-state index in [9.17, 15) is 14.4 Å². The van der Waals surface area contributed by atoms with Crippen LogP contribution >= 0.6 is 0 Å². The topological polar surface area (TPSA) is 114 Å². The number of amides is 2. The monoisotopic (exact) mass is 382 g/mol. The summed E-state index contributed by atoms with van der Waals surface area (Å²) >= 11 is 0. The van der Waals surface area contributed by atoms with E-state index in [2.05, 4.69) is 10.6 Å². The third-order valence-corrected chi connectivity index (χ3v) is 3.95. The molecule has 0 radical (unpaired) electrons. The van der Waals surface area contributed by atoms with Crippen LogP contribution in [0.4, 0.5) is 0 Å². The Morgan fingerprint density at radius 2 is 1.79 bits per heavy atom. The van der Waals surface area contributed by atoms with Crippen LogP contribution in [0, 0.1) is 0 Å². The van der Waals surface area contributed by atoms with Gasteiger partial charge in [0.05, 0.1) is 0 Å². The Labute approximate surface area is 160 Å². The molecule has 1 aliphatic rings. The lowest BCUT2D eigenvalue weighted by atomic mass is 10.1. The average molecular weight is 382 g/mol. The molecule has 0 bridgehead atoms. The molecule has 3 N–H and O–H groups in total. The lowest BCUT2D eigenvalue weighted by Gasteiger charge is -2.13. The second-order valence-electron chi connectivity index (χ2n) is 6.02. The third kappa shape index (κ3) is 4.47. The smallest absolute Gasteiger partial charge is 0.325 e. The number of carboxylic acid groups (broad SMARTS) is 1. The van der Waals surface area contributed by atoms with Gasteiger partial charge in [0.1, 0.15) is 11.7 Å². The normalized spacial score (nSPS) is 13.5. The van der Waals surface area contributed by atoms with Crippen molar-refractivity contribution in [2.45, 2.75) is 13.0 Å². The van der Waals surface area contributed by atoms with E-state index in [0.717, 1.165) is 0 Å². The first-order chi connectivity index (χ1) is 13.4. The number of hydrogen-bond donors (Lipinski definition) is 3. The van der Waals surface area contributed by atoms with E-state index in [0.29, 0.717) is 22.6 Å². The lowest BCUT2D eigenvalue weighted by molar-refractivity contribution is -0.140. The molecule has 1 unspecified atom stereocenters. The van der Waals surface area contributed by atoms with Gasteiger partial charge in [-0.3, -0.25) is 14.4 Å². The molecule has 2 aromatic carbocycles. The van der Waals surface area contributed by atoms with Gasteiger partial charge in [-0.15, -0.1) is 0 Å². The van der Waals surface area contributed by atoms with Gasteiger partial charge in [-0.25, -0.2) is 0 Å². The first-order valence-corrected chi connectivity index (χ1v) is 8.45. The highest BCUT2D eigenvalue weighted by Crippen LogP contribution is 2.33. The maximum absolute atomic E-state index is 12.5. The first-order valence-electron chi connectivity index (χ1n) is 8.45. The van der Waals surface area contributed by atoms with Crippen molar-refractivity contribution in [3.8, 4) is 11.5 Å². The Kier molecular flexibility index (Phi) is 5.59. The van der Waals surface area contributed by atoms with Gasteiger partial charge < -0.3 is 25.2 Å². The molecule has 1 heterocycles. The maximum Gasteiger partial charge on any atom is 0.325 e. The zero-order valence-electron chi connectivity index (χ0n) is 15.0. The molecule has 2 amide bonds. The van der Waals surface area contributed by atoms with Crippen LogP contribution < -0.4 is 20.1 Å². The summed E-state index contributed by atoms with van der Waals surface area (Å²) in [5.41, 5.74) is 0.838. The molecule has 8 heteroatoms. The third-order valence-electron chi connectivity index (χ3n) is 3.95. The molecule has 28 heavy (non-hydrogen) atoms. The molecule has 1 atom stereocenters. The SMILES string of the molecule is CC(NC(=O)C(=Cc1ccc2c(c1)OCO2)NC(=O)c1ccccc1)C(=O)O. The molecular formula is C20H18N2O6. The molecule has 0 aromatic heterocycles. The van der Waals surface area contributed by atoms with E-state index in [4.69, 9.17) is 14.6 Å². The number of carbonyl (C=O) groups excluding carboxylic acids is 2. The van der Waals surface area contributed by atoms with Crippen LogP contribution in [-0.4, -0.2) is 35.7 Å². The standard InChI is InChI=1S/C20H18N2O6/c1-12(20(25)26)21-19(24)15(22-18(23)14-5-3-2-4-6-14)9-13-7-8-16-17(10-13)28-11-27-16/h2-10,12H,11H2,1H3,(H,21,24)(H,22,23)(H,25,26). The summed E-state index contributed by atoms with van der Waals surface area (Å²) in [7, 11) is 0. The van der Waals surface area contributed by atoms with E-state index in [1.54, 1.807) is 48.5 Å². The van der Waals surface area contributed by atoms with E-state index >= 15 is 0 Å². The highest BCUT2D eigenvalue weighted by atomic mass is 16.7. The van der Waals surface area contributed by atoms with E-state index < -0.39 is 23.8 Å². The fourth-order valence-corrected chi connectivity index (χ4v) is 2.45. The van der Waals surface area contributed by atoms with Gasteiger partial charge in [-0.2, -0.15) is 0 Å². The Bertz CT molecular complexity index is 939. The summed E-state index contributed by atoms with van der Waals surface area (Å²) in [4.78, 5) is 36.0. The van der Waals surface area contributed by atoms with Crippen molar-refractivity contribution < 1.29 is 29.0 Å². The fourth-order valence-electron chi connectivity index (χ4n) is 2.45. The van der Waals surface area contributed by atoms with Gasteiger partial charge in [-0.1, -0.05) is 24.3 Å². The number of benzene rings is 2. The number of hydrogen-bond acceptors (Lipinski definition) is 5. The zero-order chi connectivity index (χ0) is 20.1. The van der Waals surface area contributed by atoms with E-state index in [1.807, 2.05) is 0 Å². The minimum Gasteiger partial charge on any atom is -0.480 e. The highest BCUT2D eigenvalue weighted by molar-refractivity contribution is 6.06. The van der Waals surface area contributed by atoms with Crippen LogP contribution in [0.1, 0.15) is 22.8 Å². The molecular weight excluding hydrogens is 364 g/mol. The van der Waals surface area contributed by atoms with Crippen LogP contribution in [0.15, 0.2) is 54.2 Å². The number of carboxylic acids is 1. The van der Waals surface area contributed by atoms with Gasteiger partial charge in [0.15, 0.2) is 11.5 Å². The predicted octanol–water partition coefficient (Wildman–Crippen LogP) is 1.78. The summed E-state index contributed by atoms with van der Waals surface area (Å²) < 4.78 is 10.6. The second kappa shape index (κ2) is 8.26. The molecule has 8 nitrogen and oxygen atoms in total. The Balaban J connectivity index is 1.88. The van der Waals surface area contributed by atoms with Gasteiger partial charge in [-0.05, 0) is 42.8 Å². The summed E-state index contributed by atoms with van der Waals surface area (Å²) in [5.74, 6) is -1.31. The fraction of sp³-hybridized carbons (Fsp3) is 0.150. The van der Waals surface area contributed by atoms with Gasteiger partial charge in [0, 0.05) is 5.56 Å². The minimum absolute atomic E-state index is 0.0965. The Morgan fingerprint density at radius 1 is 1.07 bits per heavy atom. The van der Waals surface area contributed by atoms with Crippen molar-refractivity contribution in [1.82, 2.24) is 10.6 Å². The maximum atomic E-state index is 12.5. The van der Waals surface area contributed by atoms with Gasteiger partial charge >= 0.3 is 5.97 Å². The molecule has 1 aliphatic heterocycles. The van der Waals surface area contributed by atoms with Crippen molar-refractivity contribution in [2.75, 3.05) is 6.79 Å². The summed E-state index contributed by atoms with van der Waals surface area (Å²) in [6.07, 6.45) is 1.44. The van der Waals surface area contributed by atoms with Gasteiger partial charge in [0.25, 0.3) is 11.8 Å². The van der Waals surface area contributed by atoms with Crippen LogP contribution in [0.2, 0.25) is 0 Å². The minimum atomic E-state index is -1.19. The molecule has 0 saturated carbocycles. The van der Waals surface area contributed by atoms with Crippen LogP contribution in [0.3, 0.4) is 0 Å². The van der Waals surface area contributed by atoms with Gasteiger partial charge in [0.2, 0.25) is 6.79 Å². The largest absolute Gasteiger partial charge is 0.480 e. The number of ether oxygens (including phenoxy) is 2.